The molecule has 0 radical (unpaired) electrons. The third-order valence-electron chi connectivity index (χ3n) is 2.53. The van der Waals surface area contributed by atoms with Gasteiger partial charge in [0, 0.05) is 7.05 Å². The van der Waals surface area contributed by atoms with Crippen molar-refractivity contribution < 1.29 is 8.39 Å². The Balaban J connectivity index is 2.07. The number of anilines is 1. The molecular formula is C14H15NO2S. The van der Waals surface area contributed by atoms with Crippen molar-refractivity contribution in [2.45, 2.75) is 6.92 Å². The summed E-state index contributed by atoms with van der Waals surface area (Å²) < 4.78 is 19.0. The van der Waals surface area contributed by atoms with Crippen LogP contribution in [-0.4, -0.2) is 11.3 Å². The minimum atomic E-state index is -1.54. The van der Waals surface area contributed by atoms with Gasteiger partial charge in [-0.05, 0) is 31.2 Å². The zero-order valence-electron chi connectivity index (χ0n) is 10.4. The van der Waals surface area contributed by atoms with Crippen molar-refractivity contribution in [1.29, 1.82) is 0 Å². The second-order valence-electron chi connectivity index (χ2n) is 3.95. The SMILES string of the molecule is Cc1ccc(N(C)S(=O)Oc2ccccc2)cc1. The van der Waals surface area contributed by atoms with Crippen molar-refractivity contribution in [2.75, 3.05) is 11.4 Å². The molecule has 2 aromatic rings. The quantitative estimate of drug-likeness (QED) is 0.846. The average molecular weight is 261 g/mol. The van der Waals surface area contributed by atoms with Gasteiger partial charge in [0.1, 0.15) is 5.75 Å². The summed E-state index contributed by atoms with van der Waals surface area (Å²) in [5.74, 6) is 0.592. The molecule has 0 N–H and O–H groups in total. The largest absolute Gasteiger partial charge is 0.385 e. The van der Waals surface area contributed by atoms with Gasteiger partial charge in [-0.3, -0.25) is 4.31 Å². The fraction of sp³-hybridized carbons (Fsp3) is 0.143. The van der Waals surface area contributed by atoms with E-state index in [1.807, 2.05) is 49.4 Å². The van der Waals surface area contributed by atoms with Crippen LogP contribution in [0.4, 0.5) is 5.69 Å². The molecule has 4 heteroatoms. The summed E-state index contributed by atoms with van der Waals surface area (Å²) in [6, 6.07) is 16.9. The molecule has 1 unspecified atom stereocenters. The molecule has 0 aliphatic heterocycles. The minimum absolute atomic E-state index is 0.592. The first kappa shape index (κ1) is 12.6. The maximum Gasteiger partial charge on any atom is 0.318 e. The standard InChI is InChI=1S/C14H15NO2S/c1-12-8-10-13(11-9-12)15(2)18(16)17-14-6-4-3-5-7-14/h3-11H,1-2H3. The van der Waals surface area contributed by atoms with Crippen LogP contribution < -0.4 is 8.49 Å². The average Bonchev–Trinajstić information content (AvgIpc) is 2.40. The molecule has 0 bridgehead atoms. The zero-order valence-corrected chi connectivity index (χ0v) is 11.2. The molecule has 0 aromatic heterocycles. The molecule has 94 valence electrons. The van der Waals surface area contributed by atoms with Gasteiger partial charge in [0.2, 0.25) is 0 Å². The van der Waals surface area contributed by atoms with Crippen LogP contribution in [0.15, 0.2) is 54.6 Å². The molecule has 2 aromatic carbocycles. The van der Waals surface area contributed by atoms with Gasteiger partial charge < -0.3 is 4.18 Å². The number of hydrogen-bond acceptors (Lipinski definition) is 2. The molecule has 0 heterocycles. The van der Waals surface area contributed by atoms with E-state index >= 15 is 0 Å². The Kier molecular flexibility index (Phi) is 3.99. The van der Waals surface area contributed by atoms with Crippen LogP contribution >= 0.6 is 0 Å². The van der Waals surface area contributed by atoms with Crippen molar-refractivity contribution in [3.05, 3.63) is 60.2 Å². The number of rotatable bonds is 4. The lowest BCUT2D eigenvalue weighted by Gasteiger charge is -2.17. The highest BCUT2D eigenvalue weighted by Gasteiger charge is 2.10. The smallest absolute Gasteiger partial charge is 0.318 e. The van der Waals surface area contributed by atoms with Gasteiger partial charge in [0.25, 0.3) is 0 Å². The maximum atomic E-state index is 12.0. The minimum Gasteiger partial charge on any atom is -0.385 e. The molecule has 2 rings (SSSR count). The number of aryl methyl sites for hydroxylation is 1. The molecule has 18 heavy (non-hydrogen) atoms. The summed E-state index contributed by atoms with van der Waals surface area (Å²) in [6.07, 6.45) is 0. The lowest BCUT2D eigenvalue weighted by molar-refractivity contribution is 0.560. The summed E-state index contributed by atoms with van der Waals surface area (Å²) >= 11 is -1.54. The molecule has 0 spiro atoms. The fourth-order valence-electron chi connectivity index (χ4n) is 1.46. The second-order valence-corrected chi connectivity index (χ2v) is 5.10. The predicted octanol–water partition coefficient (Wildman–Crippen LogP) is 3.09. The summed E-state index contributed by atoms with van der Waals surface area (Å²) in [5.41, 5.74) is 2.02. The first-order valence-corrected chi connectivity index (χ1v) is 6.65. The van der Waals surface area contributed by atoms with Gasteiger partial charge >= 0.3 is 11.3 Å². The van der Waals surface area contributed by atoms with Crippen molar-refractivity contribution >= 4 is 17.0 Å². The van der Waals surface area contributed by atoms with Crippen molar-refractivity contribution in [1.82, 2.24) is 0 Å². The zero-order chi connectivity index (χ0) is 13.0. The highest BCUT2D eigenvalue weighted by molar-refractivity contribution is 7.82. The van der Waals surface area contributed by atoms with Crippen LogP contribution in [0.1, 0.15) is 5.56 Å². The Hall–Kier alpha value is -1.81. The van der Waals surface area contributed by atoms with Gasteiger partial charge in [-0.2, -0.15) is 4.21 Å². The van der Waals surface area contributed by atoms with Crippen molar-refractivity contribution in [2.24, 2.45) is 0 Å². The van der Waals surface area contributed by atoms with E-state index in [-0.39, 0.29) is 0 Å². The van der Waals surface area contributed by atoms with Crippen LogP contribution in [0.2, 0.25) is 0 Å². The first-order chi connectivity index (χ1) is 8.66. The van der Waals surface area contributed by atoms with E-state index in [0.717, 1.165) is 5.69 Å². The predicted molar refractivity (Wildman–Crippen MR) is 74.8 cm³/mol. The van der Waals surface area contributed by atoms with Crippen molar-refractivity contribution in [3.63, 3.8) is 0 Å². The lowest BCUT2D eigenvalue weighted by Crippen LogP contribution is -2.24. The summed E-state index contributed by atoms with van der Waals surface area (Å²) in [6.45, 7) is 2.02. The Morgan fingerprint density at radius 1 is 1.00 bits per heavy atom. The molecule has 3 nitrogen and oxygen atoms in total. The Morgan fingerprint density at radius 3 is 2.22 bits per heavy atom. The van der Waals surface area contributed by atoms with Gasteiger partial charge in [-0.15, -0.1) is 0 Å². The van der Waals surface area contributed by atoms with Crippen LogP contribution in [0.25, 0.3) is 0 Å². The van der Waals surface area contributed by atoms with E-state index in [0.29, 0.717) is 5.75 Å². The van der Waals surface area contributed by atoms with Gasteiger partial charge in [0.15, 0.2) is 0 Å². The highest BCUT2D eigenvalue weighted by Crippen LogP contribution is 2.17. The van der Waals surface area contributed by atoms with Gasteiger partial charge in [-0.1, -0.05) is 35.9 Å². The van der Waals surface area contributed by atoms with E-state index in [1.165, 1.54) is 5.56 Å². The van der Waals surface area contributed by atoms with E-state index in [2.05, 4.69) is 0 Å². The molecule has 1 atom stereocenters. The van der Waals surface area contributed by atoms with Gasteiger partial charge in [-0.25, -0.2) is 0 Å². The Bertz CT molecular complexity index is 525. The topological polar surface area (TPSA) is 29.5 Å². The fourth-order valence-corrected chi connectivity index (χ4v) is 2.14. The number of hydrogen-bond donors (Lipinski definition) is 0. The second kappa shape index (κ2) is 5.69. The van der Waals surface area contributed by atoms with Crippen molar-refractivity contribution in [3.8, 4) is 5.75 Å². The van der Waals surface area contributed by atoms with Crippen LogP contribution in [0.5, 0.6) is 5.75 Å². The molecule has 0 saturated carbocycles. The number of nitrogens with zero attached hydrogens (tertiary/aromatic N) is 1. The number of benzene rings is 2. The van der Waals surface area contributed by atoms with E-state index in [1.54, 1.807) is 23.5 Å². The normalized spacial score (nSPS) is 11.9. The van der Waals surface area contributed by atoms with Crippen LogP contribution in [-0.2, 0) is 11.3 Å². The molecule has 0 saturated heterocycles. The summed E-state index contributed by atoms with van der Waals surface area (Å²) in [7, 11) is 1.74. The molecule has 0 fully saturated rings. The van der Waals surface area contributed by atoms with Crippen LogP contribution in [0, 0.1) is 6.92 Å². The molecule has 0 amide bonds. The lowest BCUT2D eigenvalue weighted by atomic mass is 10.2. The third-order valence-corrected chi connectivity index (χ3v) is 3.52. The maximum absolute atomic E-state index is 12.0. The van der Waals surface area contributed by atoms with E-state index in [4.69, 9.17) is 4.18 Å². The molecule has 0 aliphatic carbocycles. The Morgan fingerprint density at radius 2 is 1.61 bits per heavy atom. The Labute approximate surface area is 110 Å². The molecule has 0 aliphatic rings. The third kappa shape index (κ3) is 3.11. The molecular weight excluding hydrogens is 246 g/mol. The van der Waals surface area contributed by atoms with E-state index < -0.39 is 11.3 Å². The summed E-state index contributed by atoms with van der Waals surface area (Å²) in [5, 5.41) is 0. The number of para-hydroxylation sites is 1. The van der Waals surface area contributed by atoms with E-state index in [9.17, 15) is 4.21 Å². The first-order valence-electron chi connectivity index (χ1n) is 5.62. The van der Waals surface area contributed by atoms with Crippen LogP contribution in [0.3, 0.4) is 0 Å². The summed E-state index contributed by atoms with van der Waals surface area (Å²) in [4.78, 5) is 0. The van der Waals surface area contributed by atoms with Gasteiger partial charge in [0.05, 0.1) is 5.69 Å². The monoisotopic (exact) mass is 261 g/mol. The highest BCUT2D eigenvalue weighted by atomic mass is 32.2.